The lowest BCUT2D eigenvalue weighted by atomic mass is 10.1. The average Bonchev–Trinajstić information content (AvgIpc) is 3.40. The maximum Gasteiger partial charge on any atom is 0.434 e. The lowest BCUT2D eigenvalue weighted by molar-refractivity contribution is 0.183. The van der Waals surface area contributed by atoms with Crippen molar-refractivity contribution in [3.05, 3.63) is 53.7 Å². The van der Waals surface area contributed by atoms with E-state index in [1.807, 2.05) is 0 Å². The monoisotopic (exact) mass is 614 g/mol. The predicted molar refractivity (Wildman–Crippen MR) is 169 cm³/mol. The van der Waals surface area contributed by atoms with Gasteiger partial charge in [0.2, 0.25) is 11.7 Å². The van der Waals surface area contributed by atoms with Crippen molar-refractivity contribution in [2.45, 2.75) is 65.1 Å². The summed E-state index contributed by atoms with van der Waals surface area (Å²) in [6.45, 7) is 14.5. The first kappa shape index (κ1) is 33.0. The molecule has 0 unspecified atom stereocenters. The van der Waals surface area contributed by atoms with Crippen LogP contribution in [0.15, 0.2) is 50.9 Å². The molecule has 2 aromatic carbocycles. The minimum atomic E-state index is -2.54. The molecule has 42 heavy (non-hydrogen) atoms. The number of aliphatic imine (C=N–C) groups is 2. The molecule has 0 radical (unpaired) electrons. The van der Waals surface area contributed by atoms with Gasteiger partial charge in [0, 0.05) is 24.1 Å². The molecule has 3 aromatic rings. The number of aromatic nitrogens is 2. The van der Waals surface area contributed by atoms with E-state index in [0.717, 1.165) is 17.3 Å². The van der Waals surface area contributed by atoms with Gasteiger partial charge in [-0.1, -0.05) is 46.7 Å². The highest BCUT2D eigenvalue weighted by atomic mass is 32.2. The van der Waals surface area contributed by atoms with Crippen LogP contribution >= 0.6 is 11.8 Å². The summed E-state index contributed by atoms with van der Waals surface area (Å²) >= 11 is 1.14. The van der Waals surface area contributed by atoms with Gasteiger partial charge >= 0.3 is 6.09 Å². The van der Waals surface area contributed by atoms with Gasteiger partial charge in [-0.05, 0) is 53.2 Å². The van der Waals surface area contributed by atoms with Gasteiger partial charge in [-0.2, -0.15) is 9.98 Å². The summed E-state index contributed by atoms with van der Waals surface area (Å²) in [5.41, 5.74) is 2.06. The Balaban J connectivity index is 2.26. The van der Waals surface area contributed by atoms with Crippen LogP contribution in [0.1, 0.15) is 53.0 Å². The number of methoxy groups -OCH3 is 2. The molecule has 1 amide bonds. The normalized spacial score (nSPS) is 12.8. The minimum Gasteiger partial charge on any atom is -0.541 e. The Morgan fingerprint density at radius 1 is 1.02 bits per heavy atom. The van der Waals surface area contributed by atoms with E-state index in [2.05, 4.69) is 56.7 Å². The lowest BCUT2D eigenvalue weighted by Gasteiger charge is -2.42. The molecule has 0 atom stereocenters. The minimum absolute atomic E-state index is 0.0818. The van der Waals surface area contributed by atoms with Crippen LogP contribution in [-0.4, -0.2) is 55.8 Å². The molecule has 226 valence electrons. The van der Waals surface area contributed by atoms with Gasteiger partial charge in [-0.15, -0.1) is 11.8 Å². The number of aryl methyl sites for hydroxylation is 1. The molecule has 1 aromatic heterocycles. The molecule has 0 saturated heterocycles. The van der Waals surface area contributed by atoms with Gasteiger partial charge in [0.05, 0.1) is 19.9 Å². The molecule has 0 aliphatic heterocycles. The third-order valence-corrected chi connectivity index (χ3v) is 13.8. The number of rotatable bonds is 10. The van der Waals surface area contributed by atoms with Crippen molar-refractivity contribution in [2.24, 2.45) is 9.98 Å². The van der Waals surface area contributed by atoms with Crippen LogP contribution in [0.4, 0.5) is 14.9 Å². The summed E-state index contributed by atoms with van der Waals surface area (Å²) in [7, 11) is 0.197. The molecule has 3 rings (SSSR count). The summed E-state index contributed by atoms with van der Waals surface area (Å²) in [4.78, 5) is 25.3. The Bertz CT molecular complexity index is 1430. The predicted octanol–water partition coefficient (Wildman–Crippen LogP) is 8.40. The number of carbonyl (C=O) groups excluding carboxylic acids is 1. The second-order valence-corrected chi connectivity index (χ2v) is 16.8. The van der Waals surface area contributed by atoms with E-state index in [4.69, 9.17) is 23.4 Å². The SMILES string of the molecule is COC(=O)/N=C(SC)/C(=N\c1ccc(-c2noc(C)n2)cc1)c1cc(OC)cc(O[Si](C(C)C)(C(C)C)C(C)C)c1F. The lowest BCUT2D eigenvalue weighted by Crippen LogP contribution is -2.51. The third-order valence-electron chi connectivity index (χ3n) is 7.15. The quantitative estimate of drug-likeness (QED) is 0.127. The molecule has 0 fully saturated rings. The van der Waals surface area contributed by atoms with Crippen LogP contribution in [0.25, 0.3) is 11.4 Å². The highest BCUT2D eigenvalue weighted by Crippen LogP contribution is 2.44. The topological polar surface area (TPSA) is 108 Å². The largest absolute Gasteiger partial charge is 0.541 e. The summed E-state index contributed by atoms with van der Waals surface area (Å²) < 4.78 is 38.8. The zero-order valence-corrected chi connectivity index (χ0v) is 27.6. The smallest absolute Gasteiger partial charge is 0.434 e. The van der Waals surface area contributed by atoms with Gasteiger partial charge in [0.1, 0.15) is 22.3 Å². The molecular weight excluding hydrogens is 576 g/mol. The zero-order chi connectivity index (χ0) is 31.2. The van der Waals surface area contributed by atoms with Crippen LogP contribution in [0.5, 0.6) is 11.5 Å². The molecule has 0 N–H and O–H groups in total. The first-order valence-electron chi connectivity index (χ1n) is 13.6. The Kier molecular flexibility index (Phi) is 11.1. The van der Waals surface area contributed by atoms with Crippen LogP contribution in [0.3, 0.4) is 0 Å². The van der Waals surface area contributed by atoms with Gasteiger partial charge in [-0.25, -0.2) is 14.2 Å². The molecule has 0 spiro atoms. The van der Waals surface area contributed by atoms with E-state index in [9.17, 15) is 4.79 Å². The third kappa shape index (κ3) is 7.09. The Morgan fingerprint density at radius 2 is 1.64 bits per heavy atom. The summed E-state index contributed by atoms with van der Waals surface area (Å²) in [5.74, 6) is 0.743. The molecule has 9 nitrogen and oxygen atoms in total. The number of carbonyl (C=O) groups is 1. The summed E-state index contributed by atoms with van der Waals surface area (Å²) in [6, 6.07) is 10.1. The zero-order valence-electron chi connectivity index (χ0n) is 25.8. The van der Waals surface area contributed by atoms with E-state index in [0.29, 0.717) is 23.2 Å². The Morgan fingerprint density at radius 3 is 2.12 bits per heavy atom. The molecule has 0 aliphatic carbocycles. The molecule has 0 aliphatic rings. The van der Waals surface area contributed by atoms with Crippen molar-refractivity contribution < 1.29 is 27.6 Å². The highest BCUT2D eigenvalue weighted by Gasteiger charge is 2.47. The fraction of sp³-hybridized carbons (Fsp3) is 0.433. The number of halogens is 1. The standard InChI is InChI=1S/C30H39FN4O5SSi/c1-17(2)42(18(3)4,19(5)6)40-25-16-23(37-8)15-24(26(25)31)27(29(41-10)34-30(36)38-9)33-22-13-11-21(12-14-22)28-32-20(7)39-35-28/h11-19H,1-10H3/b33-27-,34-29-. The number of amides is 1. The number of hydrogen-bond acceptors (Lipinski definition) is 9. The van der Waals surface area contributed by atoms with Crippen LogP contribution < -0.4 is 9.16 Å². The summed E-state index contributed by atoms with van der Waals surface area (Å²) in [6.07, 6.45) is 0.892. The number of ether oxygens (including phenoxy) is 2. The molecule has 12 heteroatoms. The van der Waals surface area contributed by atoms with Gasteiger partial charge in [-0.3, -0.25) is 0 Å². The van der Waals surface area contributed by atoms with E-state index in [-0.39, 0.29) is 38.7 Å². The van der Waals surface area contributed by atoms with Gasteiger partial charge < -0.3 is 18.4 Å². The van der Waals surface area contributed by atoms with Crippen molar-refractivity contribution in [1.82, 2.24) is 10.1 Å². The number of nitrogens with zero attached hydrogens (tertiary/aromatic N) is 4. The van der Waals surface area contributed by atoms with Crippen molar-refractivity contribution in [2.75, 3.05) is 20.5 Å². The fourth-order valence-electron chi connectivity index (χ4n) is 5.26. The first-order chi connectivity index (χ1) is 19.9. The van der Waals surface area contributed by atoms with Crippen LogP contribution in [0, 0.1) is 12.7 Å². The van der Waals surface area contributed by atoms with Gasteiger partial charge in [0.25, 0.3) is 8.32 Å². The summed E-state index contributed by atoms with van der Waals surface area (Å²) in [5, 5.41) is 4.11. The number of hydrogen-bond donors (Lipinski definition) is 0. The highest BCUT2D eigenvalue weighted by molar-refractivity contribution is 8.15. The Hall–Kier alpha value is -3.51. The van der Waals surface area contributed by atoms with E-state index < -0.39 is 20.2 Å². The maximum absolute atomic E-state index is 16.6. The van der Waals surface area contributed by atoms with E-state index in [1.165, 1.54) is 20.3 Å². The second-order valence-electron chi connectivity index (χ2n) is 10.6. The number of thioether (sulfide) groups is 1. The Labute approximate surface area is 252 Å². The first-order valence-corrected chi connectivity index (χ1v) is 17.0. The van der Waals surface area contributed by atoms with Gasteiger partial charge in [0.15, 0.2) is 5.82 Å². The van der Waals surface area contributed by atoms with Crippen LogP contribution in [0.2, 0.25) is 16.6 Å². The maximum atomic E-state index is 16.6. The van der Waals surface area contributed by atoms with E-state index >= 15 is 4.39 Å². The van der Waals surface area contributed by atoms with E-state index in [1.54, 1.807) is 43.5 Å². The molecule has 0 saturated carbocycles. The molecule has 0 bridgehead atoms. The fourth-order valence-corrected chi connectivity index (χ4v) is 11.0. The molecular formula is C30H39FN4O5SSi. The van der Waals surface area contributed by atoms with Crippen molar-refractivity contribution in [3.63, 3.8) is 0 Å². The van der Waals surface area contributed by atoms with Crippen molar-refractivity contribution in [3.8, 4) is 22.9 Å². The van der Waals surface area contributed by atoms with Crippen molar-refractivity contribution >= 4 is 42.6 Å². The van der Waals surface area contributed by atoms with Crippen LogP contribution in [-0.2, 0) is 4.74 Å². The number of benzene rings is 2. The van der Waals surface area contributed by atoms with Crippen molar-refractivity contribution in [1.29, 1.82) is 0 Å². The average molecular weight is 615 g/mol. The second kappa shape index (κ2) is 14.1. The molecule has 1 heterocycles.